The molecule has 0 radical (unpaired) electrons. The molecule has 0 aliphatic heterocycles. The van der Waals surface area contributed by atoms with Crippen molar-refractivity contribution in [3.05, 3.63) is 41.6 Å². The SMILES string of the molecule is CC(C)C(=O)Nc1cc([C@H]2C[C@@H](c3ccccc3O)C2)[nH]n1. The second kappa shape index (κ2) is 5.83. The van der Waals surface area contributed by atoms with E-state index in [1.807, 2.05) is 38.1 Å². The normalized spacial score (nSPS) is 20.7. The quantitative estimate of drug-likeness (QED) is 0.810. The van der Waals surface area contributed by atoms with Crippen molar-refractivity contribution < 1.29 is 9.90 Å². The van der Waals surface area contributed by atoms with Crippen LogP contribution in [-0.2, 0) is 4.79 Å². The molecule has 22 heavy (non-hydrogen) atoms. The maximum absolute atomic E-state index is 11.7. The lowest BCUT2D eigenvalue weighted by Gasteiger charge is -2.35. The zero-order valence-corrected chi connectivity index (χ0v) is 12.8. The molecule has 0 spiro atoms. The summed E-state index contributed by atoms with van der Waals surface area (Å²) in [5.41, 5.74) is 2.07. The number of phenolic OH excluding ortho intramolecular Hbond substituents is 1. The van der Waals surface area contributed by atoms with Crippen LogP contribution in [0, 0.1) is 5.92 Å². The maximum atomic E-state index is 11.7. The second-order valence-electron chi connectivity index (χ2n) is 6.28. The van der Waals surface area contributed by atoms with E-state index in [2.05, 4.69) is 15.5 Å². The van der Waals surface area contributed by atoms with Crippen molar-refractivity contribution in [1.29, 1.82) is 0 Å². The molecule has 1 amide bonds. The number of rotatable bonds is 4. The summed E-state index contributed by atoms with van der Waals surface area (Å²) in [5.74, 6) is 1.67. The van der Waals surface area contributed by atoms with E-state index in [9.17, 15) is 9.90 Å². The Kier molecular flexibility index (Phi) is 3.88. The minimum Gasteiger partial charge on any atom is -0.508 e. The molecule has 1 saturated carbocycles. The fraction of sp³-hybridized carbons (Fsp3) is 0.412. The average Bonchev–Trinajstić information content (AvgIpc) is 2.87. The van der Waals surface area contributed by atoms with Crippen LogP contribution < -0.4 is 5.32 Å². The van der Waals surface area contributed by atoms with Crippen LogP contribution in [0.2, 0.25) is 0 Å². The molecule has 1 aliphatic carbocycles. The largest absolute Gasteiger partial charge is 0.508 e. The number of amides is 1. The topological polar surface area (TPSA) is 78.0 Å². The van der Waals surface area contributed by atoms with Gasteiger partial charge in [0.2, 0.25) is 5.91 Å². The number of phenols is 1. The number of nitrogens with zero attached hydrogens (tertiary/aromatic N) is 1. The molecule has 5 nitrogen and oxygen atoms in total. The minimum atomic E-state index is -0.0608. The Hall–Kier alpha value is -2.30. The number of H-pyrrole nitrogens is 1. The number of nitrogens with one attached hydrogen (secondary N) is 2. The van der Waals surface area contributed by atoms with Gasteiger partial charge in [-0.05, 0) is 30.4 Å². The van der Waals surface area contributed by atoms with E-state index >= 15 is 0 Å². The van der Waals surface area contributed by atoms with Crippen molar-refractivity contribution in [2.75, 3.05) is 5.32 Å². The first-order valence-electron chi connectivity index (χ1n) is 7.68. The van der Waals surface area contributed by atoms with Crippen LogP contribution in [0.25, 0.3) is 0 Å². The fourth-order valence-electron chi connectivity index (χ4n) is 2.84. The third kappa shape index (κ3) is 2.84. The van der Waals surface area contributed by atoms with Gasteiger partial charge in [-0.25, -0.2) is 0 Å². The van der Waals surface area contributed by atoms with E-state index in [1.54, 1.807) is 6.07 Å². The third-order valence-corrected chi connectivity index (χ3v) is 4.33. The highest BCUT2D eigenvalue weighted by Crippen LogP contribution is 2.49. The highest BCUT2D eigenvalue weighted by molar-refractivity contribution is 5.91. The highest BCUT2D eigenvalue weighted by atomic mass is 16.3. The molecule has 0 saturated heterocycles. The molecule has 1 aliphatic rings. The Morgan fingerprint density at radius 1 is 1.32 bits per heavy atom. The van der Waals surface area contributed by atoms with Gasteiger partial charge in [0.15, 0.2) is 5.82 Å². The standard InChI is InChI=1S/C17H21N3O2/c1-10(2)17(22)18-16-9-14(19-20-16)12-7-11(8-12)13-5-3-4-6-15(13)21/h3-6,9-12,21H,7-8H2,1-2H3,(H2,18,19,20,22)/t11-,12+. The Balaban J connectivity index is 1.61. The summed E-state index contributed by atoms with van der Waals surface area (Å²) in [6.07, 6.45) is 1.97. The molecule has 1 fully saturated rings. The number of hydrogen-bond acceptors (Lipinski definition) is 3. The second-order valence-corrected chi connectivity index (χ2v) is 6.28. The molecule has 0 unspecified atom stereocenters. The summed E-state index contributed by atoms with van der Waals surface area (Å²) in [7, 11) is 0. The van der Waals surface area contributed by atoms with E-state index in [-0.39, 0.29) is 11.8 Å². The van der Waals surface area contributed by atoms with Crippen molar-refractivity contribution in [3.63, 3.8) is 0 Å². The van der Waals surface area contributed by atoms with Crippen LogP contribution in [0.1, 0.15) is 49.8 Å². The van der Waals surface area contributed by atoms with Gasteiger partial charge in [0.25, 0.3) is 0 Å². The van der Waals surface area contributed by atoms with Gasteiger partial charge in [-0.15, -0.1) is 0 Å². The number of benzene rings is 1. The van der Waals surface area contributed by atoms with Gasteiger partial charge in [-0.1, -0.05) is 32.0 Å². The number of carbonyl (C=O) groups excluding carboxylic acids is 1. The van der Waals surface area contributed by atoms with Crippen molar-refractivity contribution in [3.8, 4) is 5.75 Å². The third-order valence-electron chi connectivity index (χ3n) is 4.33. The van der Waals surface area contributed by atoms with E-state index in [0.29, 0.717) is 23.4 Å². The molecule has 3 N–H and O–H groups in total. The summed E-state index contributed by atoms with van der Waals surface area (Å²) in [4.78, 5) is 11.7. The molecule has 3 rings (SSSR count). The van der Waals surface area contributed by atoms with Gasteiger partial charge in [-0.3, -0.25) is 9.89 Å². The van der Waals surface area contributed by atoms with Crippen LogP contribution in [-0.4, -0.2) is 21.2 Å². The lowest BCUT2D eigenvalue weighted by molar-refractivity contribution is -0.118. The molecule has 116 valence electrons. The van der Waals surface area contributed by atoms with Gasteiger partial charge in [0, 0.05) is 23.6 Å². The first-order chi connectivity index (χ1) is 10.5. The molecule has 1 aromatic heterocycles. The van der Waals surface area contributed by atoms with Crippen LogP contribution in [0.5, 0.6) is 5.75 Å². The Bertz CT molecular complexity index is 672. The van der Waals surface area contributed by atoms with Crippen molar-refractivity contribution in [1.82, 2.24) is 10.2 Å². The van der Waals surface area contributed by atoms with Crippen molar-refractivity contribution in [2.45, 2.75) is 38.5 Å². The lowest BCUT2D eigenvalue weighted by Crippen LogP contribution is -2.20. The van der Waals surface area contributed by atoms with E-state index < -0.39 is 0 Å². The monoisotopic (exact) mass is 299 g/mol. The van der Waals surface area contributed by atoms with Gasteiger partial charge in [0.05, 0.1) is 0 Å². The van der Waals surface area contributed by atoms with E-state index in [0.717, 1.165) is 24.1 Å². The number of aromatic nitrogens is 2. The van der Waals surface area contributed by atoms with Gasteiger partial charge in [0.1, 0.15) is 5.75 Å². The first kappa shape index (κ1) is 14.6. The smallest absolute Gasteiger partial charge is 0.228 e. The molecule has 1 aromatic carbocycles. The Morgan fingerprint density at radius 3 is 2.73 bits per heavy atom. The summed E-state index contributed by atoms with van der Waals surface area (Å²) >= 11 is 0. The molecular weight excluding hydrogens is 278 g/mol. The molecule has 1 heterocycles. The number of carbonyl (C=O) groups is 1. The van der Waals surface area contributed by atoms with Gasteiger partial charge >= 0.3 is 0 Å². The molecule has 0 atom stereocenters. The predicted octanol–water partition coefficient (Wildman–Crippen LogP) is 3.37. The summed E-state index contributed by atoms with van der Waals surface area (Å²) in [6, 6.07) is 9.42. The zero-order chi connectivity index (χ0) is 15.7. The van der Waals surface area contributed by atoms with Gasteiger partial charge in [-0.2, -0.15) is 5.10 Å². The van der Waals surface area contributed by atoms with Crippen LogP contribution in [0.15, 0.2) is 30.3 Å². The van der Waals surface area contributed by atoms with Gasteiger partial charge < -0.3 is 10.4 Å². The predicted molar refractivity (Wildman–Crippen MR) is 84.9 cm³/mol. The average molecular weight is 299 g/mol. The number of para-hydroxylation sites is 1. The lowest BCUT2D eigenvalue weighted by atomic mass is 9.70. The Morgan fingerprint density at radius 2 is 2.05 bits per heavy atom. The van der Waals surface area contributed by atoms with E-state index in [4.69, 9.17) is 0 Å². The number of hydrogen-bond donors (Lipinski definition) is 3. The summed E-state index contributed by atoms with van der Waals surface area (Å²) in [6.45, 7) is 3.71. The molecule has 2 aromatic rings. The molecule has 0 bridgehead atoms. The number of aromatic hydroxyl groups is 1. The number of anilines is 1. The molecular formula is C17H21N3O2. The summed E-state index contributed by atoms with van der Waals surface area (Å²) < 4.78 is 0. The zero-order valence-electron chi connectivity index (χ0n) is 12.8. The van der Waals surface area contributed by atoms with Crippen molar-refractivity contribution >= 4 is 11.7 Å². The fourth-order valence-corrected chi connectivity index (χ4v) is 2.84. The first-order valence-corrected chi connectivity index (χ1v) is 7.68. The van der Waals surface area contributed by atoms with Crippen LogP contribution >= 0.6 is 0 Å². The maximum Gasteiger partial charge on any atom is 0.228 e. The van der Waals surface area contributed by atoms with Crippen LogP contribution in [0.3, 0.4) is 0 Å². The molecule has 5 heteroatoms. The number of aromatic amines is 1. The highest BCUT2D eigenvalue weighted by Gasteiger charge is 2.34. The van der Waals surface area contributed by atoms with E-state index in [1.165, 1.54) is 0 Å². The summed E-state index contributed by atoms with van der Waals surface area (Å²) in [5, 5.41) is 19.8. The minimum absolute atomic E-state index is 0.0289. The van der Waals surface area contributed by atoms with Crippen molar-refractivity contribution in [2.24, 2.45) is 5.92 Å². The van der Waals surface area contributed by atoms with Crippen LogP contribution in [0.4, 0.5) is 5.82 Å². The Labute approximate surface area is 129 Å².